The van der Waals surface area contributed by atoms with Gasteiger partial charge in [0.25, 0.3) is 5.91 Å². The Balaban J connectivity index is 1.59. The minimum atomic E-state index is -0.353. The van der Waals surface area contributed by atoms with E-state index in [1.54, 1.807) is 37.5 Å². The standard InChI is InChI=1S/C27H27FN4O3/c1-18-8-9-20(12-22(18)28)15-29-27(34)21-13-23-26(24(14-21)31-25(33)16-35-2)32(17-30-23)11-10-19-6-4-3-5-7-19/h3-9,12-14,17H,10-11,15-16H2,1-2H3,(H,29,34)(H,31,33). The maximum Gasteiger partial charge on any atom is 0.251 e. The number of anilines is 1. The third-order valence-electron chi connectivity index (χ3n) is 5.70. The lowest BCUT2D eigenvalue weighted by Crippen LogP contribution is -2.23. The third kappa shape index (κ3) is 5.91. The Bertz CT molecular complexity index is 1350. The summed E-state index contributed by atoms with van der Waals surface area (Å²) in [6, 6.07) is 18.2. The molecule has 0 atom stereocenters. The Morgan fingerprint density at radius 2 is 1.86 bits per heavy atom. The molecule has 2 N–H and O–H groups in total. The van der Waals surface area contributed by atoms with E-state index in [1.807, 2.05) is 22.8 Å². The van der Waals surface area contributed by atoms with Gasteiger partial charge >= 0.3 is 0 Å². The van der Waals surface area contributed by atoms with Crippen molar-refractivity contribution in [2.45, 2.75) is 26.4 Å². The average Bonchev–Trinajstić information content (AvgIpc) is 3.27. The van der Waals surface area contributed by atoms with Gasteiger partial charge in [0.1, 0.15) is 12.4 Å². The van der Waals surface area contributed by atoms with Crippen LogP contribution in [0.25, 0.3) is 11.0 Å². The molecule has 0 aliphatic carbocycles. The molecule has 0 fully saturated rings. The van der Waals surface area contributed by atoms with Crippen molar-refractivity contribution in [3.63, 3.8) is 0 Å². The molecule has 8 heteroatoms. The first-order valence-electron chi connectivity index (χ1n) is 11.3. The smallest absolute Gasteiger partial charge is 0.251 e. The SMILES string of the molecule is COCC(=O)Nc1cc(C(=O)NCc2ccc(C)c(F)c2)cc2ncn(CCc3ccccc3)c12. The number of methoxy groups -OCH3 is 1. The fraction of sp³-hybridized carbons (Fsp3) is 0.222. The van der Waals surface area contributed by atoms with Crippen LogP contribution in [0.4, 0.5) is 10.1 Å². The minimum Gasteiger partial charge on any atom is -0.375 e. The lowest BCUT2D eigenvalue weighted by Gasteiger charge is -2.13. The molecule has 3 aromatic carbocycles. The third-order valence-corrected chi connectivity index (χ3v) is 5.70. The summed E-state index contributed by atoms with van der Waals surface area (Å²) in [6.45, 7) is 2.39. The number of ether oxygens (including phenoxy) is 1. The van der Waals surface area contributed by atoms with Gasteiger partial charge in [0.05, 0.1) is 23.0 Å². The molecule has 180 valence electrons. The lowest BCUT2D eigenvalue weighted by molar-refractivity contribution is -0.119. The second-order valence-corrected chi connectivity index (χ2v) is 8.31. The van der Waals surface area contributed by atoms with Crippen LogP contribution in [-0.4, -0.2) is 35.1 Å². The van der Waals surface area contributed by atoms with E-state index in [9.17, 15) is 14.0 Å². The van der Waals surface area contributed by atoms with E-state index in [0.29, 0.717) is 34.4 Å². The number of amides is 2. The number of fused-ring (bicyclic) bond motifs is 1. The van der Waals surface area contributed by atoms with Gasteiger partial charge in [0.2, 0.25) is 5.91 Å². The lowest BCUT2D eigenvalue weighted by atomic mass is 10.1. The normalized spacial score (nSPS) is 10.9. The number of hydrogen-bond donors (Lipinski definition) is 2. The quantitative estimate of drug-likeness (QED) is 0.380. The van der Waals surface area contributed by atoms with Crippen LogP contribution < -0.4 is 10.6 Å². The zero-order chi connectivity index (χ0) is 24.8. The number of nitrogens with one attached hydrogen (secondary N) is 2. The van der Waals surface area contributed by atoms with Crippen LogP contribution in [0.5, 0.6) is 0 Å². The molecule has 0 unspecified atom stereocenters. The summed E-state index contributed by atoms with van der Waals surface area (Å²) >= 11 is 0. The predicted molar refractivity (Wildman–Crippen MR) is 133 cm³/mol. The summed E-state index contributed by atoms with van der Waals surface area (Å²) in [5.41, 5.74) is 4.50. The number of nitrogens with zero attached hydrogens (tertiary/aromatic N) is 2. The summed E-state index contributed by atoms with van der Waals surface area (Å²) in [5, 5.41) is 5.65. The Labute approximate surface area is 202 Å². The van der Waals surface area contributed by atoms with Crippen molar-refractivity contribution in [2.24, 2.45) is 0 Å². The fourth-order valence-electron chi connectivity index (χ4n) is 3.85. The number of hydrogen-bond acceptors (Lipinski definition) is 4. The van der Waals surface area contributed by atoms with Crippen LogP contribution in [0.1, 0.15) is 27.0 Å². The van der Waals surface area contributed by atoms with Gasteiger partial charge in [-0.1, -0.05) is 42.5 Å². The molecule has 35 heavy (non-hydrogen) atoms. The molecule has 0 aliphatic heterocycles. The van der Waals surface area contributed by atoms with Crippen molar-refractivity contribution >= 4 is 28.5 Å². The molecule has 0 saturated carbocycles. The van der Waals surface area contributed by atoms with Crippen LogP contribution in [0.2, 0.25) is 0 Å². The van der Waals surface area contributed by atoms with E-state index in [2.05, 4.69) is 27.8 Å². The summed E-state index contributed by atoms with van der Waals surface area (Å²) in [5.74, 6) is -1.01. The number of rotatable bonds is 9. The van der Waals surface area contributed by atoms with Crippen LogP contribution in [0.15, 0.2) is 67.0 Å². The van der Waals surface area contributed by atoms with E-state index >= 15 is 0 Å². The largest absolute Gasteiger partial charge is 0.375 e. The second-order valence-electron chi connectivity index (χ2n) is 8.31. The Hall–Kier alpha value is -4.04. The molecule has 1 heterocycles. The van der Waals surface area contributed by atoms with Crippen molar-refractivity contribution < 1.29 is 18.7 Å². The van der Waals surface area contributed by atoms with Crippen molar-refractivity contribution in [1.29, 1.82) is 0 Å². The van der Waals surface area contributed by atoms with Gasteiger partial charge in [-0.25, -0.2) is 9.37 Å². The van der Waals surface area contributed by atoms with Gasteiger partial charge in [-0.3, -0.25) is 9.59 Å². The molecule has 2 amide bonds. The molecule has 4 aromatic rings. The zero-order valence-electron chi connectivity index (χ0n) is 19.7. The fourth-order valence-corrected chi connectivity index (χ4v) is 3.85. The molecule has 0 spiro atoms. The van der Waals surface area contributed by atoms with Crippen LogP contribution in [-0.2, 0) is 29.0 Å². The zero-order valence-corrected chi connectivity index (χ0v) is 19.7. The van der Waals surface area contributed by atoms with E-state index in [0.717, 1.165) is 11.9 Å². The first-order chi connectivity index (χ1) is 16.9. The molecule has 0 radical (unpaired) electrons. The van der Waals surface area contributed by atoms with Crippen molar-refractivity contribution in [2.75, 3.05) is 19.0 Å². The first-order valence-corrected chi connectivity index (χ1v) is 11.3. The van der Waals surface area contributed by atoms with Crippen LogP contribution in [0.3, 0.4) is 0 Å². The highest BCUT2D eigenvalue weighted by Gasteiger charge is 2.16. The first kappa shape index (κ1) is 24.1. The number of carbonyl (C=O) groups excluding carboxylic acids is 2. The van der Waals surface area contributed by atoms with Crippen LogP contribution in [0, 0.1) is 12.7 Å². The van der Waals surface area contributed by atoms with Gasteiger partial charge in [-0.15, -0.1) is 0 Å². The summed E-state index contributed by atoms with van der Waals surface area (Å²) in [4.78, 5) is 29.7. The van der Waals surface area contributed by atoms with E-state index in [-0.39, 0.29) is 30.8 Å². The highest BCUT2D eigenvalue weighted by Crippen LogP contribution is 2.26. The van der Waals surface area contributed by atoms with Crippen molar-refractivity contribution in [1.82, 2.24) is 14.9 Å². The topological polar surface area (TPSA) is 85.2 Å². The number of imidazole rings is 1. The maximum atomic E-state index is 13.8. The number of carbonyl (C=O) groups is 2. The second kappa shape index (κ2) is 10.9. The summed E-state index contributed by atoms with van der Waals surface area (Å²) < 4.78 is 20.7. The molecule has 0 bridgehead atoms. The van der Waals surface area contributed by atoms with Gasteiger partial charge in [-0.05, 0) is 48.2 Å². The minimum absolute atomic E-state index is 0.116. The molecule has 0 saturated heterocycles. The van der Waals surface area contributed by atoms with E-state index in [4.69, 9.17) is 4.74 Å². The maximum absolute atomic E-state index is 13.8. The Kier molecular flexibility index (Phi) is 7.52. The highest BCUT2D eigenvalue weighted by molar-refractivity contribution is 6.05. The summed E-state index contributed by atoms with van der Waals surface area (Å²) in [6.07, 6.45) is 2.49. The van der Waals surface area contributed by atoms with Gasteiger partial charge in [0, 0.05) is 25.8 Å². The Morgan fingerprint density at radius 1 is 1.06 bits per heavy atom. The number of halogens is 1. The molecule has 4 rings (SSSR count). The average molecular weight is 475 g/mol. The molecule has 1 aromatic heterocycles. The van der Waals surface area contributed by atoms with Gasteiger partial charge in [-0.2, -0.15) is 0 Å². The van der Waals surface area contributed by atoms with Gasteiger partial charge < -0.3 is 19.9 Å². The summed E-state index contributed by atoms with van der Waals surface area (Å²) in [7, 11) is 1.44. The van der Waals surface area contributed by atoms with Gasteiger partial charge in [0.15, 0.2) is 0 Å². The van der Waals surface area contributed by atoms with Crippen molar-refractivity contribution in [3.05, 3.63) is 95.1 Å². The monoisotopic (exact) mass is 474 g/mol. The number of benzene rings is 3. The van der Waals surface area contributed by atoms with E-state index < -0.39 is 0 Å². The molecule has 0 aliphatic rings. The molecule has 7 nitrogen and oxygen atoms in total. The predicted octanol–water partition coefficient (Wildman–Crippen LogP) is 4.24. The number of aryl methyl sites for hydroxylation is 3. The number of aromatic nitrogens is 2. The van der Waals surface area contributed by atoms with Crippen molar-refractivity contribution in [3.8, 4) is 0 Å². The van der Waals surface area contributed by atoms with Crippen LogP contribution >= 0.6 is 0 Å². The molecular formula is C27H27FN4O3. The molecular weight excluding hydrogens is 447 g/mol. The Morgan fingerprint density at radius 3 is 2.60 bits per heavy atom. The van der Waals surface area contributed by atoms with E-state index in [1.165, 1.54) is 18.7 Å². The highest BCUT2D eigenvalue weighted by atomic mass is 19.1.